The van der Waals surface area contributed by atoms with Crippen LogP contribution in [0.5, 0.6) is 0 Å². The van der Waals surface area contributed by atoms with Crippen LogP contribution in [-0.4, -0.2) is 21.8 Å². The summed E-state index contributed by atoms with van der Waals surface area (Å²) in [5.74, 6) is -1.61. The third-order valence-electron chi connectivity index (χ3n) is 3.79. The smallest absolute Gasteiger partial charge is 0.270 e. The van der Waals surface area contributed by atoms with Crippen molar-refractivity contribution in [2.75, 3.05) is 4.90 Å². The van der Waals surface area contributed by atoms with E-state index in [4.69, 9.17) is 0 Å². The van der Waals surface area contributed by atoms with Gasteiger partial charge in [0.25, 0.3) is 11.6 Å². The van der Waals surface area contributed by atoms with E-state index in [1.807, 2.05) is 0 Å². The number of halogens is 1. The third kappa shape index (κ3) is 2.80. The molecular formula is C17H11BrN2O5. The molecule has 0 spiro atoms. The first-order valence-electron chi connectivity index (χ1n) is 7.14. The molecule has 0 radical (unpaired) electrons. The highest BCUT2D eigenvalue weighted by atomic mass is 79.9. The van der Waals surface area contributed by atoms with Crippen LogP contribution >= 0.6 is 15.9 Å². The molecule has 0 aromatic heterocycles. The van der Waals surface area contributed by atoms with Crippen molar-refractivity contribution in [1.82, 2.24) is 0 Å². The van der Waals surface area contributed by atoms with Gasteiger partial charge in [0.2, 0.25) is 5.91 Å². The van der Waals surface area contributed by atoms with Gasteiger partial charge in [-0.3, -0.25) is 19.7 Å². The van der Waals surface area contributed by atoms with Gasteiger partial charge in [0.1, 0.15) is 5.76 Å². The van der Waals surface area contributed by atoms with E-state index in [9.17, 15) is 24.8 Å². The van der Waals surface area contributed by atoms with E-state index in [2.05, 4.69) is 15.9 Å². The molecule has 0 aliphatic carbocycles. The highest BCUT2D eigenvalue weighted by Crippen LogP contribution is 2.42. The van der Waals surface area contributed by atoms with Gasteiger partial charge in [-0.2, -0.15) is 0 Å². The lowest BCUT2D eigenvalue weighted by atomic mass is 10.0. The van der Waals surface area contributed by atoms with Gasteiger partial charge in [-0.15, -0.1) is 0 Å². The third-order valence-corrected chi connectivity index (χ3v) is 4.32. The molecule has 1 aliphatic rings. The number of fused-ring (bicyclic) bond motifs is 1. The minimum absolute atomic E-state index is 0.142. The lowest BCUT2D eigenvalue weighted by molar-refractivity contribution is -0.384. The fraction of sp³-hybridized carbons (Fsp3) is 0.0588. The van der Waals surface area contributed by atoms with Gasteiger partial charge < -0.3 is 5.11 Å². The van der Waals surface area contributed by atoms with Crippen molar-refractivity contribution in [3.63, 3.8) is 0 Å². The molecule has 2 aromatic carbocycles. The average molecular weight is 403 g/mol. The van der Waals surface area contributed by atoms with Crippen molar-refractivity contribution in [1.29, 1.82) is 0 Å². The summed E-state index contributed by atoms with van der Waals surface area (Å²) in [5, 5.41) is 21.6. The molecular weight excluding hydrogens is 392 g/mol. The molecule has 1 aliphatic heterocycles. The highest BCUT2D eigenvalue weighted by molar-refractivity contribution is 9.10. The van der Waals surface area contributed by atoms with E-state index in [1.165, 1.54) is 25.1 Å². The van der Waals surface area contributed by atoms with Crippen molar-refractivity contribution < 1.29 is 19.6 Å². The molecule has 0 fully saturated rings. The number of carbonyl (C=O) groups excluding carboxylic acids is 2. The highest BCUT2D eigenvalue weighted by Gasteiger charge is 2.38. The average Bonchev–Trinajstić information content (AvgIpc) is 2.85. The van der Waals surface area contributed by atoms with Crippen molar-refractivity contribution in [3.8, 4) is 0 Å². The maximum Gasteiger partial charge on any atom is 0.270 e. The van der Waals surface area contributed by atoms with E-state index in [0.717, 1.165) is 9.37 Å². The van der Waals surface area contributed by atoms with Crippen LogP contribution in [0.3, 0.4) is 0 Å². The van der Waals surface area contributed by atoms with Crippen molar-refractivity contribution >= 4 is 50.5 Å². The fourth-order valence-corrected chi connectivity index (χ4v) is 2.93. The Morgan fingerprint density at radius 3 is 2.40 bits per heavy atom. The van der Waals surface area contributed by atoms with E-state index >= 15 is 0 Å². The number of amides is 2. The van der Waals surface area contributed by atoms with Crippen LogP contribution in [0.25, 0.3) is 11.3 Å². The Kier molecular flexibility index (Phi) is 4.13. The van der Waals surface area contributed by atoms with Gasteiger partial charge in [-0.25, -0.2) is 4.90 Å². The molecule has 3 rings (SSSR count). The molecule has 0 saturated carbocycles. The van der Waals surface area contributed by atoms with Crippen LogP contribution in [-0.2, 0) is 9.59 Å². The second-order valence-electron chi connectivity index (χ2n) is 5.35. The summed E-state index contributed by atoms with van der Waals surface area (Å²) >= 11 is 3.28. The SMILES string of the molecule is CC(=O)N1C(=O)C(=C(O)c2ccc(Br)cc2)c2cc([N+](=O)[O-])ccc21. The minimum atomic E-state index is -0.719. The first-order chi connectivity index (χ1) is 11.8. The predicted octanol–water partition coefficient (Wildman–Crippen LogP) is 3.68. The lowest BCUT2D eigenvalue weighted by Crippen LogP contribution is -2.31. The summed E-state index contributed by atoms with van der Waals surface area (Å²) in [6.07, 6.45) is 0. The predicted molar refractivity (Wildman–Crippen MR) is 94.8 cm³/mol. The van der Waals surface area contributed by atoms with Crippen LogP contribution < -0.4 is 4.90 Å². The van der Waals surface area contributed by atoms with E-state index in [1.54, 1.807) is 24.3 Å². The maximum absolute atomic E-state index is 12.7. The number of nitro groups is 1. The van der Waals surface area contributed by atoms with Gasteiger partial charge in [0, 0.05) is 34.7 Å². The van der Waals surface area contributed by atoms with E-state index in [-0.39, 0.29) is 28.3 Å². The summed E-state index contributed by atoms with van der Waals surface area (Å²) in [6.45, 7) is 1.21. The summed E-state index contributed by atoms with van der Waals surface area (Å²) in [5.41, 5.74) is 0.334. The number of nitrogens with zero attached hydrogens (tertiary/aromatic N) is 2. The number of benzene rings is 2. The van der Waals surface area contributed by atoms with Gasteiger partial charge in [0.15, 0.2) is 0 Å². The van der Waals surface area contributed by atoms with E-state index in [0.29, 0.717) is 5.56 Å². The van der Waals surface area contributed by atoms with Gasteiger partial charge in [0.05, 0.1) is 16.2 Å². The molecule has 2 amide bonds. The standard InChI is InChI=1S/C17H11BrN2O5/c1-9(21)19-14-7-6-12(20(24)25)8-13(14)15(17(19)23)16(22)10-2-4-11(18)5-3-10/h2-8,22H,1H3. The molecule has 1 heterocycles. The van der Waals surface area contributed by atoms with Crippen molar-refractivity contribution in [2.45, 2.75) is 6.92 Å². The molecule has 2 aromatic rings. The van der Waals surface area contributed by atoms with E-state index < -0.39 is 16.7 Å². The number of imide groups is 1. The topological polar surface area (TPSA) is 101 Å². The zero-order chi connectivity index (χ0) is 18.3. The van der Waals surface area contributed by atoms with Gasteiger partial charge in [-0.1, -0.05) is 28.1 Å². The number of anilines is 1. The van der Waals surface area contributed by atoms with Crippen LogP contribution in [0.1, 0.15) is 18.1 Å². The Morgan fingerprint density at radius 2 is 1.84 bits per heavy atom. The van der Waals surface area contributed by atoms with Crippen LogP contribution in [0.4, 0.5) is 11.4 Å². The second-order valence-corrected chi connectivity index (χ2v) is 6.26. The van der Waals surface area contributed by atoms with Crippen molar-refractivity contribution in [2.24, 2.45) is 0 Å². The zero-order valence-corrected chi connectivity index (χ0v) is 14.5. The molecule has 25 heavy (non-hydrogen) atoms. The molecule has 1 N–H and O–H groups in total. The van der Waals surface area contributed by atoms with Crippen LogP contribution in [0.15, 0.2) is 46.9 Å². The lowest BCUT2D eigenvalue weighted by Gasteiger charge is -2.11. The Hall–Kier alpha value is -3.00. The number of non-ortho nitro benzene ring substituents is 1. The second kappa shape index (κ2) is 6.14. The Bertz CT molecular complexity index is 950. The zero-order valence-electron chi connectivity index (χ0n) is 12.9. The summed E-state index contributed by atoms with van der Waals surface area (Å²) in [7, 11) is 0. The Labute approximate surface area is 150 Å². The molecule has 126 valence electrons. The normalized spacial score (nSPS) is 15.1. The van der Waals surface area contributed by atoms with Gasteiger partial charge >= 0.3 is 0 Å². The first kappa shape index (κ1) is 16.8. The molecule has 0 bridgehead atoms. The fourth-order valence-electron chi connectivity index (χ4n) is 2.66. The Balaban J connectivity index is 2.27. The number of hydrogen-bond acceptors (Lipinski definition) is 5. The molecule has 0 atom stereocenters. The first-order valence-corrected chi connectivity index (χ1v) is 7.93. The molecule has 8 heteroatoms. The molecule has 0 saturated heterocycles. The van der Waals surface area contributed by atoms with Gasteiger partial charge in [-0.05, 0) is 18.2 Å². The minimum Gasteiger partial charge on any atom is -0.506 e. The Morgan fingerprint density at radius 1 is 1.20 bits per heavy atom. The summed E-state index contributed by atoms with van der Waals surface area (Å²) in [4.78, 5) is 35.9. The monoisotopic (exact) mass is 402 g/mol. The van der Waals surface area contributed by atoms with Crippen LogP contribution in [0, 0.1) is 10.1 Å². The largest absolute Gasteiger partial charge is 0.506 e. The number of hydrogen-bond donors (Lipinski definition) is 1. The van der Waals surface area contributed by atoms with Crippen LogP contribution in [0.2, 0.25) is 0 Å². The quantitative estimate of drug-likeness (QED) is 0.357. The van der Waals surface area contributed by atoms with Crippen molar-refractivity contribution in [3.05, 3.63) is 68.2 Å². The number of rotatable bonds is 2. The number of carbonyl (C=O) groups is 2. The number of nitro benzene ring substituents is 1. The number of aliphatic hydroxyl groups excluding tert-OH is 1. The molecule has 0 unspecified atom stereocenters. The molecule has 7 nitrogen and oxygen atoms in total. The summed E-state index contributed by atoms with van der Waals surface area (Å²) < 4.78 is 0.785. The number of aliphatic hydroxyl groups is 1. The maximum atomic E-state index is 12.7. The summed E-state index contributed by atoms with van der Waals surface area (Å²) in [6, 6.07) is 10.3.